The second-order valence-corrected chi connectivity index (χ2v) is 7.79. The summed E-state index contributed by atoms with van der Waals surface area (Å²) in [4.78, 5) is 36.2. The number of ether oxygens (including phenoxy) is 1. The number of halogens is 1. The zero-order chi connectivity index (χ0) is 22.1. The van der Waals surface area contributed by atoms with E-state index in [-0.39, 0.29) is 18.5 Å². The van der Waals surface area contributed by atoms with Gasteiger partial charge in [0, 0.05) is 54.5 Å². The van der Waals surface area contributed by atoms with Crippen molar-refractivity contribution in [3.63, 3.8) is 0 Å². The molecule has 2 amide bonds. The number of pyridine rings is 2. The predicted molar refractivity (Wildman–Crippen MR) is 117 cm³/mol. The number of fused-ring (bicyclic) bond motifs is 1. The number of aromatic nitrogens is 2. The SMILES string of the molecule is COc1cc(-c2cc(Cl)c3ccc(C(=O)N4CCN(C(=O)O)C(C)C4)cc3n2)ccn1. The van der Waals surface area contributed by atoms with Crippen LogP contribution in [-0.2, 0) is 0 Å². The van der Waals surface area contributed by atoms with Gasteiger partial charge in [0.1, 0.15) is 0 Å². The lowest BCUT2D eigenvalue weighted by atomic mass is 10.1. The maximum absolute atomic E-state index is 13.1. The normalized spacial score (nSPS) is 16.4. The van der Waals surface area contributed by atoms with Gasteiger partial charge in [-0.25, -0.2) is 14.8 Å². The quantitative estimate of drug-likeness (QED) is 0.665. The highest BCUT2D eigenvalue weighted by Crippen LogP contribution is 2.30. The molecule has 3 heterocycles. The number of hydrogen-bond donors (Lipinski definition) is 1. The number of nitrogens with zero attached hydrogens (tertiary/aromatic N) is 4. The summed E-state index contributed by atoms with van der Waals surface area (Å²) in [6.45, 7) is 2.77. The van der Waals surface area contributed by atoms with Gasteiger partial charge in [-0.05, 0) is 31.2 Å². The molecule has 0 bridgehead atoms. The van der Waals surface area contributed by atoms with E-state index in [1.54, 1.807) is 55.5 Å². The molecule has 2 aromatic heterocycles. The van der Waals surface area contributed by atoms with E-state index in [2.05, 4.69) is 4.98 Å². The first-order valence-corrected chi connectivity index (χ1v) is 10.1. The van der Waals surface area contributed by atoms with Crippen molar-refractivity contribution >= 4 is 34.5 Å². The van der Waals surface area contributed by atoms with Gasteiger partial charge in [-0.1, -0.05) is 17.7 Å². The topological polar surface area (TPSA) is 95.9 Å². The molecule has 1 aromatic carbocycles. The van der Waals surface area contributed by atoms with Crippen LogP contribution in [0.15, 0.2) is 42.6 Å². The largest absolute Gasteiger partial charge is 0.481 e. The maximum atomic E-state index is 13.1. The Morgan fingerprint density at radius 1 is 1.19 bits per heavy atom. The molecule has 0 aliphatic carbocycles. The molecule has 1 aliphatic heterocycles. The molecule has 160 valence electrons. The number of carboxylic acid groups (broad SMARTS) is 1. The van der Waals surface area contributed by atoms with Crippen LogP contribution in [0.25, 0.3) is 22.2 Å². The van der Waals surface area contributed by atoms with Gasteiger partial charge < -0.3 is 19.6 Å². The first-order valence-electron chi connectivity index (χ1n) is 9.77. The van der Waals surface area contributed by atoms with Gasteiger partial charge in [0.15, 0.2) is 0 Å². The van der Waals surface area contributed by atoms with Crippen molar-refractivity contribution in [1.29, 1.82) is 0 Å². The summed E-state index contributed by atoms with van der Waals surface area (Å²) >= 11 is 6.49. The highest BCUT2D eigenvalue weighted by atomic mass is 35.5. The Bertz CT molecular complexity index is 1170. The monoisotopic (exact) mass is 440 g/mol. The molecule has 9 heteroatoms. The minimum atomic E-state index is -0.968. The van der Waals surface area contributed by atoms with Crippen LogP contribution in [0.1, 0.15) is 17.3 Å². The van der Waals surface area contributed by atoms with Crippen molar-refractivity contribution in [2.75, 3.05) is 26.7 Å². The molecule has 4 rings (SSSR count). The number of piperazine rings is 1. The van der Waals surface area contributed by atoms with E-state index in [0.29, 0.717) is 40.8 Å². The third kappa shape index (κ3) is 4.11. The molecule has 31 heavy (non-hydrogen) atoms. The second-order valence-electron chi connectivity index (χ2n) is 7.38. The molecule has 1 fully saturated rings. The molecule has 8 nitrogen and oxygen atoms in total. The van der Waals surface area contributed by atoms with Gasteiger partial charge in [0.05, 0.1) is 23.3 Å². The third-order valence-corrected chi connectivity index (χ3v) is 5.72. The van der Waals surface area contributed by atoms with E-state index in [4.69, 9.17) is 21.3 Å². The average Bonchev–Trinajstić information content (AvgIpc) is 2.77. The van der Waals surface area contributed by atoms with Crippen molar-refractivity contribution < 1.29 is 19.4 Å². The van der Waals surface area contributed by atoms with Crippen LogP contribution in [0.2, 0.25) is 5.02 Å². The molecule has 0 spiro atoms. The molecule has 3 aromatic rings. The van der Waals surface area contributed by atoms with Crippen LogP contribution >= 0.6 is 11.6 Å². The molecule has 1 saturated heterocycles. The Labute approximate surface area is 184 Å². The van der Waals surface area contributed by atoms with Crippen LogP contribution in [-0.4, -0.2) is 69.7 Å². The lowest BCUT2D eigenvalue weighted by Crippen LogP contribution is -2.55. The number of carbonyl (C=O) groups is 2. The molecule has 0 saturated carbocycles. The number of benzene rings is 1. The summed E-state index contributed by atoms with van der Waals surface area (Å²) in [7, 11) is 1.54. The number of hydrogen-bond acceptors (Lipinski definition) is 5. The van der Waals surface area contributed by atoms with Crippen molar-refractivity contribution in [3.05, 3.63) is 53.2 Å². The van der Waals surface area contributed by atoms with Gasteiger partial charge in [-0.2, -0.15) is 0 Å². The predicted octanol–water partition coefficient (Wildman–Crippen LogP) is 3.78. The van der Waals surface area contributed by atoms with E-state index in [1.807, 2.05) is 6.07 Å². The Hall–Kier alpha value is -3.39. The van der Waals surface area contributed by atoms with Gasteiger partial charge in [0.25, 0.3) is 5.91 Å². The van der Waals surface area contributed by atoms with Gasteiger partial charge in [-0.15, -0.1) is 0 Å². The maximum Gasteiger partial charge on any atom is 0.407 e. The molecule has 0 radical (unpaired) electrons. The Morgan fingerprint density at radius 2 is 2.00 bits per heavy atom. The first kappa shape index (κ1) is 20.9. The van der Waals surface area contributed by atoms with E-state index in [1.165, 1.54) is 4.90 Å². The van der Waals surface area contributed by atoms with Gasteiger partial charge in [-0.3, -0.25) is 4.79 Å². The molecular weight excluding hydrogens is 420 g/mol. The lowest BCUT2D eigenvalue weighted by Gasteiger charge is -2.38. The standard InChI is InChI=1S/C22H21ClN4O4/c1-13-12-26(7-8-27(13)22(29)30)21(28)15-3-4-16-17(23)11-18(25-19(16)9-15)14-5-6-24-20(10-14)31-2/h3-6,9-11,13H,7-8,12H2,1-2H3,(H,29,30). The molecule has 1 unspecified atom stereocenters. The van der Waals surface area contributed by atoms with Crippen LogP contribution in [0.3, 0.4) is 0 Å². The molecule has 1 atom stereocenters. The highest BCUT2D eigenvalue weighted by Gasteiger charge is 2.30. The summed E-state index contributed by atoms with van der Waals surface area (Å²) in [5, 5.41) is 10.5. The smallest absolute Gasteiger partial charge is 0.407 e. The Morgan fingerprint density at radius 3 is 2.71 bits per heavy atom. The zero-order valence-electron chi connectivity index (χ0n) is 17.1. The van der Waals surface area contributed by atoms with E-state index in [9.17, 15) is 14.7 Å². The van der Waals surface area contributed by atoms with E-state index >= 15 is 0 Å². The third-order valence-electron chi connectivity index (χ3n) is 5.41. The molecule has 1 N–H and O–H groups in total. The van der Waals surface area contributed by atoms with E-state index in [0.717, 1.165) is 10.9 Å². The fourth-order valence-corrected chi connectivity index (χ4v) is 4.02. The number of methoxy groups -OCH3 is 1. The molecule has 1 aliphatic rings. The molecular formula is C22H21ClN4O4. The zero-order valence-corrected chi connectivity index (χ0v) is 17.8. The fourth-order valence-electron chi connectivity index (χ4n) is 3.76. The van der Waals surface area contributed by atoms with Crippen LogP contribution in [0.5, 0.6) is 5.88 Å². The van der Waals surface area contributed by atoms with Crippen molar-refractivity contribution in [2.45, 2.75) is 13.0 Å². The van der Waals surface area contributed by atoms with Crippen molar-refractivity contribution in [1.82, 2.24) is 19.8 Å². The van der Waals surface area contributed by atoms with Crippen LogP contribution in [0, 0.1) is 0 Å². The van der Waals surface area contributed by atoms with Gasteiger partial charge in [0.2, 0.25) is 5.88 Å². The second kappa shape index (κ2) is 8.39. The summed E-state index contributed by atoms with van der Waals surface area (Å²) < 4.78 is 5.18. The Kier molecular flexibility index (Phi) is 5.65. The van der Waals surface area contributed by atoms with Crippen LogP contribution in [0.4, 0.5) is 4.79 Å². The minimum absolute atomic E-state index is 0.160. The fraction of sp³-hybridized carbons (Fsp3) is 0.273. The summed E-state index contributed by atoms with van der Waals surface area (Å²) in [5.41, 5.74) is 2.52. The average molecular weight is 441 g/mol. The van der Waals surface area contributed by atoms with Crippen LogP contribution < -0.4 is 4.74 Å². The summed E-state index contributed by atoms with van der Waals surface area (Å²) in [5.74, 6) is 0.307. The summed E-state index contributed by atoms with van der Waals surface area (Å²) in [6, 6.07) is 10.3. The Balaban J connectivity index is 1.65. The summed E-state index contributed by atoms with van der Waals surface area (Å²) in [6.07, 6.45) is 0.663. The number of carbonyl (C=O) groups excluding carboxylic acids is 1. The van der Waals surface area contributed by atoms with Crippen molar-refractivity contribution in [2.24, 2.45) is 0 Å². The van der Waals surface area contributed by atoms with Gasteiger partial charge >= 0.3 is 6.09 Å². The number of rotatable bonds is 3. The highest BCUT2D eigenvalue weighted by molar-refractivity contribution is 6.35. The number of amides is 2. The lowest BCUT2D eigenvalue weighted by molar-refractivity contribution is 0.0507. The van der Waals surface area contributed by atoms with Crippen molar-refractivity contribution in [3.8, 4) is 17.1 Å². The first-order chi connectivity index (χ1) is 14.9. The van der Waals surface area contributed by atoms with E-state index < -0.39 is 6.09 Å². The minimum Gasteiger partial charge on any atom is -0.481 e.